The molecule has 1 saturated carbocycles. The molecule has 8 heteroatoms. The smallest absolute Gasteiger partial charge is 0.365 e. The topological polar surface area (TPSA) is 35.6 Å². The molecule has 1 saturated heterocycles. The van der Waals surface area contributed by atoms with E-state index >= 15 is 0 Å². The summed E-state index contributed by atoms with van der Waals surface area (Å²) < 4.78 is 54.2. The number of amides is 1. The molecule has 2 aromatic carbocycles. The lowest BCUT2D eigenvalue weighted by Crippen LogP contribution is -2.62. The average molecular weight is 476 g/mol. The summed E-state index contributed by atoms with van der Waals surface area (Å²) in [6.45, 7) is 2.28. The monoisotopic (exact) mass is 475 g/mol. The standard InChI is InChI=1S/C26H29F4N3O/c27-22-8-4-1-5-17(22)15-31-25(34)21-14-18-13-19(26(28,29)30)9-10-23(18)33-12-11-32(16-24(21)33)20-6-2-3-7-20/h1,4-5,8-10,13,20-21,24H,2-3,6-7,11-12,14-16H2,(H,31,34)/t21-,24+/m0/s1. The highest BCUT2D eigenvalue weighted by Crippen LogP contribution is 2.40. The van der Waals surface area contributed by atoms with E-state index in [9.17, 15) is 22.4 Å². The van der Waals surface area contributed by atoms with Crippen molar-refractivity contribution in [1.82, 2.24) is 10.2 Å². The Hall–Kier alpha value is -2.61. The number of carbonyl (C=O) groups is 1. The van der Waals surface area contributed by atoms with Crippen molar-refractivity contribution < 1.29 is 22.4 Å². The second-order valence-corrected chi connectivity index (χ2v) is 9.66. The number of nitrogens with zero attached hydrogens (tertiary/aromatic N) is 2. The van der Waals surface area contributed by atoms with Crippen LogP contribution in [0, 0.1) is 11.7 Å². The minimum absolute atomic E-state index is 0.0521. The van der Waals surface area contributed by atoms with Crippen molar-refractivity contribution in [2.24, 2.45) is 5.92 Å². The summed E-state index contributed by atoms with van der Waals surface area (Å²) >= 11 is 0. The van der Waals surface area contributed by atoms with Gasteiger partial charge in [-0.15, -0.1) is 0 Å². The van der Waals surface area contributed by atoms with Crippen LogP contribution in [0.3, 0.4) is 0 Å². The second-order valence-electron chi connectivity index (χ2n) is 9.66. The fourth-order valence-corrected chi connectivity index (χ4v) is 5.88. The van der Waals surface area contributed by atoms with Crippen molar-refractivity contribution in [3.05, 3.63) is 65.0 Å². The molecule has 2 heterocycles. The van der Waals surface area contributed by atoms with Crippen LogP contribution in [0.5, 0.6) is 0 Å². The van der Waals surface area contributed by atoms with E-state index in [1.165, 1.54) is 25.0 Å². The Morgan fingerprint density at radius 1 is 1.06 bits per heavy atom. The molecule has 3 aliphatic rings. The van der Waals surface area contributed by atoms with Crippen LogP contribution in [0.1, 0.15) is 42.4 Å². The first-order chi connectivity index (χ1) is 16.3. The largest absolute Gasteiger partial charge is 0.416 e. The third-order valence-electron chi connectivity index (χ3n) is 7.66. The van der Waals surface area contributed by atoms with Crippen molar-refractivity contribution in [3.8, 4) is 0 Å². The molecule has 1 N–H and O–H groups in total. The van der Waals surface area contributed by atoms with Crippen LogP contribution in [0.2, 0.25) is 0 Å². The van der Waals surface area contributed by atoms with E-state index in [1.807, 2.05) is 0 Å². The minimum Gasteiger partial charge on any atom is -0.365 e. The molecule has 182 valence electrons. The molecule has 5 rings (SSSR count). The average Bonchev–Trinajstić information content (AvgIpc) is 3.36. The lowest BCUT2D eigenvalue weighted by atomic mass is 9.82. The van der Waals surface area contributed by atoms with E-state index in [0.717, 1.165) is 31.1 Å². The van der Waals surface area contributed by atoms with Gasteiger partial charge in [0.2, 0.25) is 5.91 Å². The van der Waals surface area contributed by atoms with Gasteiger partial charge in [0.1, 0.15) is 5.82 Å². The molecule has 0 unspecified atom stereocenters. The van der Waals surface area contributed by atoms with Crippen molar-refractivity contribution in [2.45, 2.75) is 56.9 Å². The number of piperazine rings is 1. The lowest BCUT2D eigenvalue weighted by Gasteiger charge is -2.50. The predicted molar refractivity (Wildman–Crippen MR) is 122 cm³/mol. The zero-order valence-electron chi connectivity index (χ0n) is 19.0. The van der Waals surface area contributed by atoms with Crippen molar-refractivity contribution in [3.63, 3.8) is 0 Å². The Labute approximate surface area is 196 Å². The Bertz CT molecular complexity index is 1050. The Morgan fingerprint density at radius 2 is 1.82 bits per heavy atom. The number of nitrogens with one attached hydrogen (secondary N) is 1. The summed E-state index contributed by atoms with van der Waals surface area (Å²) in [6, 6.07) is 10.5. The number of halogens is 4. The van der Waals surface area contributed by atoms with E-state index in [4.69, 9.17) is 0 Å². The first kappa shape index (κ1) is 23.1. The third-order valence-corrected chi connectivity index (χ3v) is 7.66. The van der Waals surface area contributed by atoms with E-state index < -0.39 is 23.5 Å². The maximum atomic E-state index is 14.1. The molecule has 2 aromatic rings. The van der Waals surface area contributed by atoms with Gasteiger partial charge in [0.05, 0.1) is 17.5 Å². The molecule has 1 amide bonds. The van der Waals surface area contributed by atoms with Gasteiger partial charge in [0, 0.05) is 43.5 Å². The van der Waals surface area contributed by atoms with Crippen molar-refractivity contribution in [2.75, 3.05) is 24.5 Å². The Morgan fingerprint density at radius 3 is 2.56 bits per heavy atom. The van der Waals surface area contributed by atoms with Gasteiger partial charge < -0.3 is 10.2 Å². The van der Waals surface area contributed by atoms with Gasteiger partial charge >= 0.3 is 6.18 Å². The number of anilines is 1. The summed E-state index contributed by atoms with van der Waals surface area (Å²) in [5.41, 5.74) is 1.04. The fraction of sp³-hybridized carbons (Fsp3) is 0.500. The predicted octanol–water partition coefficient (Wildman–Crippen LogP) is 4.77. The van der Waals surface area contributed by atoms with Gasteiger partial charge in [0.15, 0.2) is 0 Å². The van der Waals surface area contributed by atoms with E-state index in [0.29, 0.717) is 30.3 Å². The number of hydrogen-bond donors (Lipinski definition) is 1. The zero-order valence-corrected chi connectivity index (χ0v) is 19.0. The van der Waals surface area contributed by atoms with Gasteiger partial charge in [-0.2, -0.15) is 13.2 Å². The third kappa shape index (κ3) is 4.52. The molecule has 0 radical (unpaired) electrons. The van der Waals surface area contributed by atoms with Crippen LogP contribution in [0.4, 0.5) is 23.2 Å². The highest BCUT2D eigenvalue weighted by Gasteiger charge is 2.43. The SMILES string of the molecule is O=C(NCc1ccccc1F)[C@H]1Cc2cc(C(F)(F)F)ccc2N2CCN(C3CCCC3)C[C@H]12. The van der Waals surface area contributed by atoms with Gasteiger partial charge in [-0.1, -0.05) is 31.0 Å². The van der Waals surface area contributed by atoms with Gasteiger partial charge in [-0.25, -0.2) is 4.39 Å². The Kier molecular flexibility index (Phi) is 6.27. The van der Waals surface area contributed by atoms with Gasteiger partial charge in [0.25, 0.3) is 0 Å². The van der Waals surface area contributed by atoms with Gasteiger partial charge in [-0.05, 0) is 49.1 Å². The Balaban J connectivity index is 1.42. The number of rotatable bonds is 4. The first-order valence-corrected chi connectivity index (χ1v) is 12.0. The van der Waals surface area contributed by atoms with Crippen LogP contribution < -0.4 is 10.2 Å². The summed E-state index contributed by atoms with van der Waals surface area (Å²) in [5.74, 6) is -1.14. The molecular formula is C26H29F4N3O. The molecule has 4 nitrogen and oxygen atoms in total. The maximum Gasteiger partial charge on any atom is 0.416 e. The van der Waals surface area contributed by atoms with E-state index in [-0.39, 0.29) is 24.9 Å². The number of benzene rings is 2. The normalized spacial score (nSPS) is 23.5. The highest BCUT2D eigenvalue weighted by molar-refractivity contribution is 5.82. The molecule has 0 spiro atoms. The van der Waals surface area contributed by atoms with E-state index in [1.54, 1.807) is 24.3 Å². The van der Waals surface area contributed by atoms with Crippen LogP contribution in [-0.2, 0) is 23.9 Å². The van der Waals surface area contributed by atoms with Gasteiger partial charge in [-0.3, -0.25) is 9.69 Å². The molecule has 2 atom stereocenters. The van der Waals surface area contributed by atoms with Crippen LogP contribution >= 0.6 is 0 Å². The molecular weight excluding hydrogens is 446 g/mol. The number of carbonyl (C=O) groups excluding carboxylic acids is 1. The minimum atomic E-state index is -4.43. The first-order valence-electron chi connectivity index (χ1n) is 12.0. The molecule has 0 aromatic heterocycles. The highest BCUT2D eigenvalue weighted by atomic mass is 19.4. The maximum absolute atomic E-state index is 14.1. The molecule has 0 bridgehead atoms. The number of alkyl halides is 3. The molecule has 2 aliphatic heterocycles. The quantitative estimate of drug-likeness (QED) is 0.648. The van der Waals surface area contributed by atoms with Crippen LogP contribution in [-0.4, -0.2) is 42.5 Å². The van der Waals surface area contributed by atoms with Crippen molar-refractivity contribution >= 4 is 11.6 Å². The summed E-state index contributed by atoms with van der Waals surface area (Å²) in [7, 11) is 0. The van der Waals surface area contributed by atoms with E-state index in [2.05, 4.69) is 15.1 Å². The zero-order chi connectivity index (χ0) is 23.9. The molecule has 2 fully saturated rings. The summed E-state index contributed by atoms with van der Waals surface area (Å²) in [4.78, 5) is 17.9. The summed E-state index contributed by atoms with van der Waals surface area (Å²) in [5, 5.41) is 2.86. The second kappa shape index (κ2) is 9.21. The van der Waals surface area contributed by atoms with Crippen molar-refractivity contribution in [1.29, 1.82) is 0 Å². The molecule has 34 heavy (non-hydrogen) atoms. The fourth-order valence-electron chi connectivity index (χ4n) is 5.88. The summed E-state index contributed by atoms with van der Waals surface area (Å²) in [6.07, 6.45) is 0.540. The lowest BCUT2D eigenvalue weighted by molar-refractivity contribution is -0.137. The van der Waals surface area contributed by atoms with Crippen LogP contribution in [0.25, 0.3) is 0 Å². The number of fused-ring (bicyclic) bond motifs is 3. The molecule has 1 aliphatic carbocycles. The number of hydrogen-bond acceptors (Lipinski definition) is 3. The van der Waals surface area contributed by atoms with Crippen LogP contribution in [0.15, 0.2) is 42.5 Å².